The number of ether oxygens (including phenoxy) is 1. The molecule has 1 fully saturated rings. The number of halogens is 1. The molecule has 3 aromatic rings. The fraction of sp³-hybridized carbons (Fsp3) is 0.292. The van der Waals surface area contributed by atoms with Crippen LogP contribution in [0.2, 0.25) is 0 Å². The van der Waals surface area contributed by atoms with E-state index in [0.29, 0.717) is 13.0 Å². The lowest BCUT2D eigenvalue weighted by Crippen LogP contribution is -2.31. The Morgan fingerprint density at radius 1 is 1.00 bits per heavy atom. The normalized spacial score (nSPS) is 14.7. The summed E-state index contributed by atoms with van der Waals surface area (Å²) in [4.78, 5) is 17.6. The van der Waals surface area contributed by atoms with Crippen molar-refractivity contribution in [1.82, 2.24) is 4.98 Å². The second-order valence-electron chi connectivity index (χ2n) is 7.45. The van der Waals surface area contributed by atoms with Crippen LogP contribution >= 0.6 is 0 Å². The molecule has 150 valence electrons. The van der Waals surface area contributed by atoms with Gasteiger partial charge in [0.25, 0.3) is 0 Å². The number of carbonyl (C=O) groups excluding carboxylic acids is 1. The fourth-order valence-corrected chi connectivity index (χ4v) is 3.72. The summed E-state index contributed by atoms with van der Waals surface area (Å²) in [5.74, 6) is 1.61. The van der Waals surface area contributed by atoms with E-state index < -0.39 is 0 Å². The molecule has 29 heavy (non-hydrogen) atoms. The molecular weight excluding hydrogens is 367 g/mol. The monoisotopic (exact) mass is 392 g/mol. The molecule has 2 heterocycles. The van der Waals surface area contributed by atoms with Gasteiger partial charge in [-0.3, -0.25) is 9.69 Å². The number of aromatic amines is 1. The van der Waals surface area contributed by atoms with E-state index in [9.17, 15) is 9.18 Å². The first-order valence-electron chi connectivity index (χ1n) is 10.1. The van der Waals surface area contributed by atoms with Gasteiger partial charge in [-0.2, -0.15) is 0 Å². The van der Waals surface area contributed by atoms with Gasteiger partial charge >= 0.3 is 0 Å². The maximum absolute atomic E-state index is 13.3. The third-order valence-corrected chi connectivity index (χ3v) is 5.26. The van der Waals surface area contributed by atoms with Gasteiger partial charge in [0.05, 0.1) is 0 Å². The van der Waals surface area contributed by atoms with Crippen molar-refractivity contribution >= 4 is 11.7 Å². The molecule has 2 aromatic carbocycles. The second-order valence-corrected chi connectivity index (χ2v) is 7.45. The third-order valence-electron chi connectivity index (χ3n) is 5.26. The smallest absolute Gasteiger partial charge is 0.228 e. The number of amides is 1. The first-order chi connectivity index (χ1) is 14.2. The van der Waals surface area contributed by atoms with Crippen molar-refractivity contribution < 1.29 is 13.9 Å². The SMILES string of the molecule is O=C1CCCCCN1c1[nH]ccc1Cc1ccc(OCc2cccc(F)c2)cc1. The lowest BCUT2D eigenvalue weighted by molar-refractivity contribution is -0.118. The Morgan fingerprint density at radius 2 is 1.86 bits per heavy atom. The topological polar surface area (TPSA) is 45.3 Å². The van der Waals surface area contributed by atoms with Crippen molar-refractivity contribution in [3.63, 3.8) is 0 Å². The van der Waals surface area contributed by atoms with Gasteiger partial charge < -0.3 is 9.72 Å². The summed E-state index contributed by atoms with van der Waals surface area (Å²) in [6, 6.07) is 16.4. The zero-order valence-corrected chi connectivity index (χ0v) is 16.4. The minimum Gasteiger partial charge on any atom is -0.489 e. The van der Waals surface area contributed by atoms with Crippen molar-refractivity contribution in [2.45, 2.75) is 38.7 Å². The van der Waals surface area contributed by atoms with E-state index in [0.717, 1.165) is 60.5 Å². The predicted octanol–water partition coefficient (Wildman–Crippen LogP) is 5.23. The zero-order valence-electron chi connectivity index (χ0n) is 16.4. The molecule has 0 unspecified atom stereocenters. The Labute approximate surface area is 170 Å². The summed E-state index contributed by atoms with van der Waals surface area (Å²) in [7, 11) is 0. The molecule has 0 spiro atoms. The number of hydrogen-bond donors (Lipinski definition) is 1. The number of H-pyrrole nitrogens is 1. The van der Waals surface area contributed by atoms with Crippen molar-refractivity contribution in [3.05, 3.63) is 83.3 Å². The van der Waals surface area contributed by atoms with Crippen LogP contribution < -0.4 is 9.64 Å². The molecule has 5 heteroatoms. The summed E-state index contributed by atoms with van der Waals surface area (Å²) >= 11 is 0. The number of benzene rings is 2. The van der Waals surface area contributed by atoms with E-state index in [1.807, 2.05) is 47.5 Å². The number of anilines is 1. The van der Waals surface area contributed by atoms with Crippen molar-refractivity contribution in [2.75, 3.05) is 11.4 Å². The minimum absolute atomic E-state index is 0.201. The molecule has 1 amide bonds. The van der Waals surface area contributed by atoms with Crippen molar-refractivity contribution in [3.8, 4) is 5.75 Å². The number of rotatable bonds is 6. The van der Waals surface area contributed by atoms with Crippen LogP contribution in [0.5, 0.6) is 5.75 Å². The van der Waals surface area contributed by atoms with Gasteiger partial charge in [0.2, 0.25) is 5.91 Å². The highest BCUT2D eigenvalue weighted by molar-refractivity contribution is 5.93. The summed E-state index contributed by atoms with van der Waals surface area (Å²) in [5.41, 5.74) is 3.06. The van der Waals surface area contributed by atoms with Crippen LogP contribution in [-0.4, -0.2) is 17.4 Å². The van der Waals surface area contributed by atoms with Crippen LogP contribution in [0.4, 0.5) is 10.2 Å². The molecule has 1 aliphatic rings. The van der Waals surface area contributed by atoms with E-state index in [1.165, 1.54) is 12.1 Å². The maximum Gasteiger partial charge on any atom is 0.228 e. The molecule has 1 saturated heterocycles. The first kappa shape index (κ1) is 19.2. The molecule has 4 rings (SSSR count). The molecular formula is C24H25FN2O2. The van der Waals surface area contributed by atoms with Crippen molar-refractivity contribution in [2.24, 2.45) is 0 Å². The van der Waals surface area contributed by atoms with Gasteiger partial charge in [0.1, 0.15) is 24.0 Å². The number of nitrogens with zero attached hydrogens (tertiary/aromatic N) is 1. The fourth-order valence-electron chi connectivity index (χ4n) is 3.72. The van der Waals surface area contributed by atoms with E-state index in [2.05, 4.69) is 4.98 Å². The molecule has 0 atom stereocenters. The molecule has 1 aliphatic heterocycles. The van der Waals surface area contributed by atoms with Gasteiger partial charge in [0.15, 0.2) is 0 Å². The van der Waals surface area contributed by atoms with Gasteiger partial charge in [-0.25, -0.2) is 4.39 Å². The van der Waals surface area contributed by atoms with Crippen LogP contribution in [0.15, 0.2) is 60.8 Å². The first-order valence-corrected chi connectivity index (χ1v) is 10.1. The Kier molecular flexibility index (Phi) is 5.94. The highest BCUT2D eigenvalue weighted by Gasteiger charge is 2.21. The third kappa shape index (κ3) is 4.86. The molecule has 0 aliphatic carbocycles. The molecule has 0 saturated carbocycles. The standard InChI is InChI=1S/C24H25FN2O2/c25-21-6-4-5-19(16-21)17-29-22-10-8-18(9-11-22)15-20-12-13-26-24(20)27-14-3-1-2-7-23(27)28/h4-6,8-13,16,26H,1-3,7,14-15,17H2. The quantitative estimate of drug-likeness (QED) is 0.624. The van der Waals surface area contributed by atoms with Crippen LogP contribution in [-0.2, 0) is 17.8 Å². The van der Waals surface area contributed by atoms with Crippen LogP contribution in [0.1, 0.15) is 42.4 Å². The number of hydrogen-bond acceptors (Lipinski definition) is 2. The highest BCUT2D eigenvalue weighted by Crippen LogP contribution is 2.26. The predicted molar refractivity (Wildman–Crippen MR) is 112 cm³/mol. The Morgan fingerprint density at radius 3 is 2.69 bits per heavy atom. The number of carbonyl (C=O) groups is 1. The largest absolute Gasteiger partial charge is 0.489 e. The summed E-state index contributed by atoms with van der Waals surface area (Å²) in [6.07, 6.45) is 6.39. The Hall–Kier alpha value is -3.08. The molecule has 0 bridgehead atoms. The lowest BCUT2D eigenvalue weighted by Gasteiger charge is -2.21. The Balaban J connectivity index is 1.40. The second kappa shape index (κ2) is 8.95. The lowest BCUT2D eigenvalue weighted by atomic mass is 10.1. The minimum atomic E-state index is -0.258. The average Bonchev–Trinajstić information content (AvgIpc) is 3.07. The molecule has 1 N–H and O–H groups in total. The number of aromatic nitrogens is 1. The van der Waals surface area contributed by atoms with Gasteiger partial charge in [-0.05, 0) is 59.9 Å². The van der Waals surface area contributed by atoms with Gasteiger partial charge in [0, 0.05) is 25.6 Å². The van der Waals surface area contributed by atoms with E-state index >= 15 is 0 Å². The van der Waals surface area contributed by atoms with Crippen molar-refractivity contribution in [1.29, 1.82) is 0 Å². The zero-order chi connectivity index (χ0) is 20.1. The summed E-state index contributed by atoms with van der Waals surface area (Å²) in [5, 5.41) is 0. The molecule has 4 nitrogen and oxygen atoms in total. The van der Waals surface area contributed by atoms with Crippen LogP contribution in [0, 0.1) is 5.82 Å². The van der Waals surface area contributed by atoms with E-state index in [-0.39, 0.29) is 11.7 Å². The van der Waals surface area contributed by atoms with Gasteiger partial charge in [-0.1, -0.05) is 30.7 Å². The molecule has 1 aromatic heterocycles. The van der Waals surface area contributed by atoms with E-state index in [4.69, 9.17) is 4.74 Å². The van der Waals surface area contributed by atoms with Gasteiger partial charge in [-0.15, -0.1) is 0 Å². The number of nitrogens with one attached hydrogen (secondary N) is 1. The van der Waals surface area contributed by atoms with Crippen LogP contribution in [0.3, 0.4) is 0 Å². The van der Waals surface area contributed by atoms with Crippen LogP contribution in [0.25, 0.3) is 0 Å². The molecule has 0 radical (unpaired) electrons. The maximum atomic E-state index is 13.3. The summed E-state index contributed by atoms with van der Waals surface area (Å²) in [6.45, 7) is 1.11. The highest BCUT2D eigenvalue weighted by atomic mass is 19.1. The van der Waals surface area contributed by atoms with E-state index in [1.54, 1.807) is 6.07 Å². The summed E-state index contributed by atoms with van der Waals surface area (Å²) < 4.78 is 19.0. The Bertz CT molecular complexity index is 965. The average molecular weight is 392 g/mol.